The normalized spacial score (nSPS) is 15.0. The summed E-state index contributed by atoms with van der Waals surface area (Å²) in [6, 6.07) is 0. The molecule has 0 saturated heterocycles. The van der Waals surface area contributed by atoms with E-state index in [0.717, 1.165) is 6.42 Å². The first-order valence-electron chi connectivity index (χ1n) is 3.23. The number of hydrogen-bond donors (Lipinski definition) is 4. The molecule has 0 saturated carbocycles. The van der Waals surface area contributed by atoms with Crippen LogP contribution in [-0.2, 0) is 0 Å². The third-order valence-corrected chi connectivity index (χ3v) is 1.12. The number of allylic oxidation sites excluding steroid dienone is 3. The van der Waals surface area contributed by atoms with Gasteiger partial charge in [0, 0.05) is 6.42 Å². The van der Waals surface area contributed by atoms with Gasteiger partial charge in [-0.3, -0.25) is 0 Å². The summed E-state index contributed by atoms with van der Waals surface area (Å²) in [6.07, 6.45) is 2.91. The van der Waals surface area contributed by atoms with E-state index in [2.05, 4.69) is 0 Å². The molecule has 0 heterocycles. The SMILES string of the molecule is O=C(O)O.OC1=C(O)CCC=C1. The van der Waals surface area contributed by atoms with Gasteiger partial charge in [0.1, 0.15) is 5.76 Å². The van der Waals surface area contributed by atoms with Gasteiger partial charge < -0.3 is 20.4 Å². The average Bonchev–Trinajstić information content (AvgIpc) is 1.94. The van der Waals surface area contributed by atoms with E-state index in [-0.39, 0.29) is 11.5 Å². The van der Waals surface area contributed by atoms with Crippen LogP contribution in [0.15, 0.2) is 23.7 Å². The van der Waals surface area contributed by atoms with E-state index in [0.29, 0.717) is 6.42 Å². The second-order valence-corrected chi connectivity index (χ2v) is 2.06. The first-order chi connectivity index (χ1) is 5.54. The zero-order chi connectivity index (χ0) is 9.56. The van der Waals surface area contributed by atoms with Crippen LogP contribution in [0.2, 0.25) is 0 Å². The fourth-order valence-corrected chi connectivity index (χ4v) is 0.639. The van der Waals surface area contributed by atoms with E-state index in [4.69, 9.17) is 25.2 Å². The predicted molar refractivity (Wildman–Crippen MR) is 41.3 cm³/mol. The molecule has 0 amide bonds. The molecule has 0 bridgehead atoms. The molecule has 0 aromatic heterocycles. The van der Waals surface area contributed by atoms with E-state index in [1.165, 1.54) is 6.08 Å². The highest BCUT2D eigenvalue weighted by molar-refractivity contribution is 5.53. The van der Waals surface area contributed by atoms with Crippen LogP contribution < -0.4 is 0 Å². The molecule has 0 spiro atoms. The summed E-state index contributed by atoms with van der Waals surface area (Å²) in [5.74, 6) is 0.115. The van der Waals surface area contributed by atoms with Crippen LogP contribution in [0.3, 0.4) is 0 Å². The van der Waals surface area contributed by atoms with E-state index < -0.39 is 6.16 Å². The zero-order valence-electron chi connectivity index (χ0n) is 6.27. The molecule has 0 atom stereocenters. The lowest BCUT2D eigenvalue weighted by atomic mass is 10.1. The molecule has 0 radical (unpaired) electrons. The molecule has 1 aliphatic rings. The summed E-state index contributed by atoms with van der Waals surface area (Å²) in [5.41, 5.74) is 0. The second-order valence-electron chi connectivity index (χ2n) is 2.06. The fraction of sp³-hybridized carbons (Fsp3) is 0.286. The van der Waals surface area contributed by atoms with Crippen LogP contribution in [0, 0.1) is 0 Å². The van der Waals surface area contributed by atoms with Crippen LogP contribution >= 0.6 is 0 Å². The molecule has 0 fully saturated rings. The Bertz CT molecular complexity index is 212. The largest absolute Gasteiger partial charge is 0.508 e. The minimum atomic E-state index is -1.83. The molecule has 4 N–H and O–H groups in total. The Morgan fingerprint density at radius 3 is 2.08 bits per heavy atom. The average molecular weight is 174 g/mol. The van der Waals surface area contributed by atoms with Crippen molar-refractivity contribution in [2.75, 3.05) is 0 Å². The monoisotopic (exact) mass is 174 g/mol. The smallest absolute Gasteiger partial charge is 0.503 e. The predicted octanol–water partition coefficient (Wildman–Crippen LogP) is 1.89. The van der Waals surface area contributed by atoms with Gasteiger partial charge in [-0.1, -0.05) is 6.08 Å². The highest BCUT2D eigenvalue weighted by atomic mass is 16.6. The third-order valence-electron chi connectivity index (χ3n) is 1.12. The van der Waals surface area contributed by atoms with Gasteiger partial charge >= 0.3 is 6.16 Å². The number of hydrogen-bond acceptors (Lipinski definition) is 3. The fourth-order valence-electron chi connectivity index (χ4n) is 0.639. The first kappa shape index (κ1) is 10.3. The van der Waals surface area contributed by atoms with Crippen LogP contribution in [0.25, 0.3) is 0 Å². The van der Waals surface area contributed by atoms with Crippen molar-refractivity contribution in [2.45, 2.75) is 12.8 Å². The minimum absolute atomic E-state index is 0.0104. The van der Waals surface area contributed by atoms with Crippen molar-refractivity contribution in [3.63, 3.8) is 0 Å². The molecule has 0 aromatic carbocycles. The van der Waals surface area contributed by atoms with E-state index in [1.54, 1.807) is 0 Å². The van der Waals surface area contributed by atoms with Gasteiger partial charge in [-0.15, -0.1) is 0 Å². The van der Waals surface area contributed by atoms with Gasteiger partial charge in [0.05, 0.1) is 0 Å². The number of aliphatic hydroxyl groups is 2. The highest BCUT2D eigenvalue weighted by Gasteiger charge is 2.02. The maximum atomic E-state index is 8.76. The van der Waals surface area contributed by atoms with Crippen LogP contribution in [-0.4, -0.2) is 26.6 Å². The quantitative estimate of drug-likeness (QED) is 0.449. The van der Waals surface area contributed by atoms with E-state index >= 15 is 0 Å². The molecular formula is C7H10O5. The van der Waals surface area contributed by atoms with Gasteiger partial charge in [0.2, 0.25) is 0 Å². The van der Waals surface area contributed by atoms with Gasteiger partial charge in [0.25, 0.3) is 0 Å². The Morgan fingerprint density at radius 2 is 1.83 bits per heavy atom. The van der Waals surface area contributed by atoms with Crippen molar-refractivity contribution in [3.8, 4) is 0 Å². The zero-order valence-corrected chi connectivity index (χ0v) is 6.27. The summed E-state index contributed by atoms with van der Waals surface area (Å²) in [7, 11) is 0. The molecule has 1 rings (SSSR count). The molecule has 68 valence electrons. The Balaban J connectivity index is 0.000000261. The maximum absolute atomic E-state index is 8.76. The van der Waals surface area contributed by atoms with E-state index in [9.17, 15) is 0 Å². The molecule has 12 heavy (non-hydrogen) atoms. The molecule has 0 unspecified atom stereocenters. The second kappa shape index (κ2) is 5.06. The summed E-state index contributed by atoms with van der Waals surface area (Å²) < 4.78 is 0. The maximum Gasteiger partial charge on any atom is 0.503 e. The molecule has 5 heteroatoms. The summed E-state index contributed by atoms with van der Waals surface area (Å²) in [4.78, 5) is 8.56. The first-order valence-corrected chi connectivity index (χ1v) is 3.23. The van der Waals surface area contributed by atoms with Gasteiger partial charge in [-0.05, 0) is 12.5 Å². The highest BCUT2D eigenvalue weighted by Crippen LogP contribution is 2.12. The van der Waals surface area contributed by atoms with Crippen molar-refractivity contribution >= 4 is 6.16 Å². The Morgan fingerprint density at radius 1 is 1.33 bits per heavy atom. The van der Waals surface area contributed by atoms with Crippen molar-refractivity contribution in [3.05, 3.63) is 23.7 Å². The minimum Gasteiger partial charge on any atom is -0.508 e. The molecule has 0 aliphatic heterocycles. The number of carbonyl (C=O) groups is 1. The number of rotatable bonds is 0. The Kier molecular flexibility index (Phi) is 4.36. The summed E-state index contributed by atoms with van der Waals surface area (Å²) >= 11 is 0. The molecule has 0 aromatic rings. The molecule has 1 aliphatic carbocycles. The van der Waals surface area contributed by atoms with Crippen LogP contribution in [0.4, 0.5) is 4.79 Å². The molecular weight excluding hydrogens is 164 g/mol. The van der Waals surface area contributed by atoms with Crippen LogP contribution in [0.5, 0.6) is 0 Å². The third kappa shape index (κ3) is 5.16. The van der Waals surface area contributed by atoms with Crippen molar-refractivity contribution in [1.82, 2.24) is 0 Å². The van der Waals surface area contributed by atoms with Crippen molar-refractivity contribution in [2.24, 2.45) is 0 Å². The lowest BCUT2D eigenvalue weighted by Gasteiger charge is -2.02. The Hall–Kier alpha value is -1.65. The standard InChI is InChI=1S/C6H8O2.CH2O3/c7-5-3-1-2-4-6(5)8;2-1(3)4/h1,3,7-8H,2,4H2;(H2,2,3,4). The van der Waals surface area contributed by atoms with Gasteiger partial charge in [-0.25, -0.2) is 4.79 Å². The summed E-state index contributed by atoms with van der Waals surface area (Å²) in [6.45, 7) is 0. The van der Waals surface area contributed by atoms with Crippen molar-refractivity contribution in [1.29, 1.82) is 0 Å². The number of aliphatic hydroxyl groups excluding tert-OH is 2. The number of carboxylic acid groups (broad SMARTS) is 2. The lowest BCUT2D eigenvalue weighted by molar-refractivity contribution is 0.137. The van der Waals surface area contributed by atoms with Gasteiger partial charge in [-0.2, -0.15) is 0 Å². The topological polar surface area (TPSA) is 98.0 Å². The van der Waals surface area contributed by atoms with E-state index in [1.807, 2.05) is 6.08 Å². The van der Waals surface area contributed by atoms with Crippen molar-refractivity contribution < 1.29 is 25.2 Å². The van der Waals surface area contributed by atoms with Gasteiger partial charge in [0.15, 0.2) is 5.76 Å². The summed E-state index contributed by atoms with van der Waals surface area (Å²) in [5, 5.41) is 31.4. The van der Waals surface area contributed by atoms with Crippen LogP contribution in [0.1, 0.15) is 12.8 Å². The lowest BCUT2D eigenvalue weighted by Crippen LogP contribution is -1.91. The Labute approximate surface area is 68.9 Å². The molecule has 5 nitrogen and oxygen atoms in total.